The van der Waals surface area contributed by atoms with Gasteiger partial charge in [0, 0.05) is 29.5 Å². The Morgan fingerprint density at radius 2 is 1.94 bits per heavy atom. The van der Waals surface area contributed by atoms with Crippen LogP contribution in [0.2, 0.25) is 0 Å². The molecule has 88 valence electrons. The topological polar surface area (TPSA) is 84.7 Å². The van der Waals surface area contributed by atoms with Crippen LogP contribution in [0.1, 0.15) is 10.4 Å². The average Bonchev–Trinajstić information content (AvgIpc) is 2.82. The largest absolute Gasteiger partial charge is 0.366 e. The van der Waals surface area contributed by atoms with Crippen LogP contribution in [0.5, 0.6) is 0 Å². The lowest BCUT2D eigenvalue weighted by molar-refractivity contribution is 0.100. The van der Waals surface area contributed by atoms with E-state index >= 15 is 0 Å². The molecule has 0 atom stereocenters. The number of fused-ring (bicyclic) bond motifs is 1. The Labute approximate surface area is 103 Å². The number of aromatic amines is 1. The van der Waals surface area contributed by atoms with E-state index in [1.165, 1.54) is 0 Å². The molecule has 0 saturated heterocycles. The molecule has 3 N–H and O–H groups in total. The van der Waals surface area contributed by atoms with Crippen LogP contribution in [0.25, 0.3) is 22.3 Å². The second kappa shape index (κ2) is 3.96. The maximum absolute atomic E-state index is 11.4. The Morgan fingerprint density at radius 3 is 2.78 bits per heavy atom. The Hall–Kier alpha value is -2.69. The number of nitrogens with one attached hydrogen (secondary N) is 1. The fourth-order valence-electron chi connectivity index (χ4n) is 1.97. The third-order valence-corrected chi connectivity index (χ3v) is 2.78. The van der Waals surface area contributed by atoms with Crippen LogP contribution in [-0.2, 0) is 0 Å². The Morgan fingerprint density at radius 1 is 1.17 bits per heavy atom. The number of amides is 1. The maximum Gasteiger partial charge on any atom is 0.250 e. The minimum atomic E-state index is -0.489. The minimum Gasteiger partial charge on any atom is -0.366 e. The summed E-state index contributed by atoms with van der Waals surface area (Å²) in [5.41, 5.74) is 7.92. The molecule has 0 saturated carbocycles. The van der Waals surface area contributed by atoms with Gasteiger partial charge in [0.15, 0.2) is 0 Å². The molecule has 0 spiro atoms. The van der Waals surface area contributed by atoms with Gasteiger partial charge in [-0.2, -0.15) is 0 Å². The summed E-state index contributed by atoms with van der Waals surface area (Å²) in [5, 5.41) is 0.915. The second-order valence-corrected chi connectivity index (χ2v) is 3.87. The van der Waals surface area contributed by atoms with Crippen LogP contribution in [0.3, 0.4) is 0 Å². The van der Waals surface area contributed by atoms with Crippen LogP contribution >= 0.6 is 0 Å². The van der Waals surface area contributed by atoms with Gasteiger partial charge in [0.25, 0.3) is 5.91 Å². The summed E-state index contributed by atoms with van der Waals surface area (Å²) < 4.78 is 0. The van der Waals surface area contributed by atoms with E-state index in [-0.39, 0.29) is 0 Å². The van der Waals surface area contributed by atoms with Crippen LogP contribution in [-0.4, -0.2) is 20.9 Å². The van der Waals surface area contributed by atoms with Gasteiger partial charge in [-0.25, -0.2) is 4.98 Å². The number of H-pyrrole nitrogens is 1. The van der Waals surface area contributed by atoms with Crippen molar-refractivity contribution in [3.8, 4) is 11.3 Å². The molecular formula is C13H10N4O. The summed E-state index contributed by atoms with van der Waals surface area (Å²) in [6.07, 6.45) is 5.12. The molecule has 3 heterocycles. The standard InChI is InChI=1S/C13H10N4O/c14-12(18)9-4-2-5-15-11(9)10-7-17-13-8(10)3-1-6-16-13/h1-7H,(H2,14,18)(H,16,17). The van der Waals surface area contributed by atoms with Crippen LogP contribution in [0.4, 0.5) is 0 Å². The molecule has 0 aliphatic carbocycles. The Balaban J connectivity index is 2.30. The average molecular weight is 238 g/mol. The number of carbonyl (C=O) groups excluding carboxylic acids is 1. The first-order valence-corrected chi connectivity index (χ1v) is 5.44. The predicted molar refractivity (Wildman–Crippen MR) is 67.8 cm³/mol. The number of primary amides is 1. The van der Waals surface area contributed by atoms with Crippen LogP contribution in [0, 0.1) is 0 Å². The van der Waals surface area contributed by atoms with E-state index in [0.29, 0.717) is 11.3 Å². The fourth-order valence-corrected chi connectivity index (χ4v) is 1.97. The van der Waals surface area contributed by atoms with Gasteiger partial charge in [-0.05, 0) is 24.3 Å². The molecule has 0 fully saturated rings. The van der Waals surface area contributed by atoms with Crippen LogP contribution < -0.4 is 5.73 Å². The zero-order valence-electron chi connectivity index (χ0n) is 9.42. The molecule has 0 aliphatic rings. The smallest absolute Gasteiger partial charge is 0.250 e. The van der Waals surface area contributed by atoms with Crippen molar-refractivity contribution in [3.05, 3.63) is 48.4 Å². The lowest BCUT2D eigenvalue weighted by Crippen LogP contribution is -2.12. The molecule has 0 unspecified atom stereocenters. The highest BCUT2D eigenvalue weighted by Crippen LogP contribution is 2.28. The predicted octanol–water partition coefficient (Wildman–Crippen LogP) is 1.72. The van der Waals surface area contributed by atoms with E-state index in [9.17, 15) is 4.79 Å². The summed E-state index contributed by atoms with van der Waals surface area (Å²) >= 11 is 0. The van der Waals surface area contributed by atoms with E-state index in [2.05, 4.69) is 15.0 Å². The van der Waals surface area contributed by atoms with Crippen molar-refractivity contribution in [3.63, 3.8) is 0 Å². The van der Waals surface area contributed by atoms with Gasteiger partial charge in [0.05, 0.1) is 11.3 Å². The molecule has 1 amide bonds. The second-order valence-electron chi connectivity index (χ2n) is 3.87. The number of pyridine rings is 2. The molecule has 3 aromatic rings. The molecule has 0 radical (unpaired) electrons. The van der Waals surface area contributed by atoms with Crippen molar-refractivity contribution in [2.45, 2.75) is 0 Å². The highest BCUT2D eigenvalue weighted by atomic mass is 16.1. The van der Waals surface area contributed by atoms with Gasteiger partial charge in [0.2, 0.25) is 0 Å². The number of nitrogens with two attached hydrogens (primary N) is 1. The lowest BCUT2D eigenvalue weighted by Gasteiger charge is -2.03. The summed E-state index contributed by atoms with van der Waals surface area (Å²) in [4.78, 5) is 22.9. The maximum atomic E-state index is 11.4. The van der Waals surface area contributed by atoms with Crippen molar-refractivity contribution < 1.29 is 4.79 Å². The summed E-state index contributed by atoms with van der Waals surface area (Å²) in [6, 6.07) is 7.12. The fraction of sp³-hybridized carbons (Fsp3) is 0. The van der Waals surface area contributed by atoms with Crippen LogP contribution in [0.15, 0.2) is 42.9 Å². The normalized spacial score (nSPS) is 10.7. The van der Waals surface area contributed by atoms with E-state index in [0.717, 1.165) is 16.6 Å². The molecule has 3 aromatic heterocycles. The molecule has 5 heteroatoms. The molecular weight excluding hydrogens is 228 g/mol. The van der Waals surface area contributed by atoms with Gasteiger partial charge in [-0.1, -0.05) is 0 Å². The lowest BCUT2D eigenvalue weighted by atomic mass is 10.1. The highest BCUT2D eigenvalue weighted by molar-refractivity contribution is 6.03. The van der Waals surface area contributed by atoms with Gasteiger partial charge in [0.1, 0.15) is 5.65 Å². The van der Waals surface area contributed by atoms with Crippen molar-refractivity contribution >= 4 is 16.9 Å². The zero-order valence-corrected chi connectivity index (χ0v) is 9.42. The zero-order chi connectivity index (χ0) is 12.5. The van der Waals surface area contributed by atoms with Gasteiger partial charge < -0.3 is 10.7 Å². The van der Waals surface area contributed by atoms with Crippen molar-refractivity contribution in [2.24, 2.45) is 5.73 Å². The molecule has 0 bridgehead atoms. The quantitative estimate of drug-likeness (QED) is 0.712. The first-order chi connectivity index (χ1) is 8.77. The molecule has 0 aliphatic heterocycles. The molecule has 0 aromatic carbocycles. The Bertz CT molecular complexity index is 732. The molecule has 3 rings (SSSR count). The number of rotatable bonds is 2. The van der Waals surface area contributed by atoms with Gasteiger partial charge in [-0.15, -0.1) is 0 Å². The third kappa shape index (κ3) is 1.53. The van der Waals surface area contributed by atoms with Gasteiger partial charge in [-0.3, -0.25) is 9.78 Å². The first-order valence-electron chi connectivity index (χ1n) is 5.44. The van der Waals surface area contributed by atoms with E-state index in [1.54, 1.807) is 30.7 Å². The first kappa shape index (κ1) is 10.5. The van der Waals surface area contributed by atoms with E-state index < -0.39 is 5.91 Å². The third-order valence-electron chi connectivity index (χ3n) is 2.78. The Kier molecular flexibility index (Phi) is 2.30. The van der Waals surface area contributed by atoms with Gasteiger partial charge >= 0.3 is 0 Å². The molecule has 18 heavy (non-hydrogen) atoms. The van der Waals surface area contributed by atoms with Crippen molar-refractivity contribution in [1.82, 2.24) is 15.0 Å². The SMILES string of the molecule is NC(=O)c1cccnc1-c1c[nH]c2ncccc12. The number of nitrogens with zero attached hydrogens (tertiary/aromatic N) is 2. The number of carbonyl (C=O) groups is 1. The summed E-state index contributed by atoms with van der Waals surface area (Å²) in [7, 11) is 0. The van der Waals surface area contributed by atoms with E-state index in [4.69, 9.17) is 5.73 Å². The monoisotopic (exact) mass is 238 g/mol. The number of aromatic nitrogens is 3. The number of hydrogen-bond donors (Lipinski definition) is 2. The van der Waals surface area contributed by atoms with E-state index in [1.807, 2.05) is 12.1 Å². The van der Waals surface area contributed by atoms with Crippen molar-refractivity contribution in [2.75, 3.05) is 0 Å². The minimum absolute atomic E-state index is 0.405. The summed E-state index contributed by atoms with van der Waals surface area (Å²) in [5.74, 6) is -0.489. The summed E-state index contributed by atoms with van der Waals surface area (Å²) in [6.45, 7) is 0. The molecule has 5 nitrogen and oxygen atoms in total. The highest BCUT2D eigenvalue weighted by Gasteiger charge is 2.14. The van der Waals surface area contributed by atoms with Crippen molar-refractivity contribution in [1.29, 1.82) is 0 Å². The number of hydrogen-bond acceptors (Lipinski definition) is 3.